The molecule has 0 aliphatic carbocycles. The van der Waals surface area contributed by atoms with E-state index in [9.17, 15) is 0 Å². The standard InChI is InChI=1S/C19H21NO2/c1-18(2)19(21-3,16-12-8-5-9-13-16)22-17(20-18)14-15-10-6-4-7-11-15/h4-13H,14H2,1-3H3. The van der Waals surface area contributed by atoms with Crippen LogP contribution < -0.4 is 0 Å². The minimum absolute atomic E-state index is 0.493. The highest BCUT2D eigenvalue weighted by molar-refractivity contribution is 5.81. The summed E-state index contributed by atoms with van der Waals surface area (Å²) < 4.78 is 12.1. The van der Waals surface area contributed by atoms with Crippen LogP contribution in [0.2, 0.25) is 0 Å². The van der Waals surface area contributed by atoms with Crippen molar-refractivity contribution in [1.82, 2.24) is 0 Å². The molecule has 2 aromatic rings. The largest absolute Gasteiger partial charge is 0.442 e. The maximum absolute atomic E-state index is 6.23. The number of aliphatic imine (C=N–C) groups is 1. The van der Waals surface area contributed by atoms with E-state index in [1.165, 1.54) is 5.56 Å². The SMILES string of the molecule is COC1(c2ccccc2)OC(Cc2ccccc2)=NC1(C)C. The van der Waals surface area contributed by atoms with Gasteiger partial charge in [-0.1, -0.05) is 60.7 Å². The van der Waals surface area contributed by atoms with Gasteiger partial charge in [-0.05, 0) is 19.4 Å². The maximum Gasteiger partial charge on any atom is 0.263 e. The fourth-order valence-corrected chi connectivity index (χ4v) is 3.02. The molecular weight excluding hydrogens is 274 g/mol. The first-order valence-electron chi connectivity index (χ1n) is 7.50. The first kappa shape index (κ1) is 14.8. The van der Waals surface area contributed by atoms with Crippen LogP contribution in [0.5, 0.6) is 0 Å². The van der Waals surface area contributed by atoms with Crippen LogP contribution in [0.4, 0.5) is 0 Å². The zero-order valence-electron chi connectivity index (χ0n) is 13.2. The molecule has 0 bridgehead atoms. The van der Waals surface area contributed by atoms with Crippen LogP contribution in [-0.4, -0.2) is 18.5 Å². The normalized spacial score (nSPS) is 23.0. The molecule has 2 aromatic carbocycles. The number of methoxy groups -OCH3 is 1. The van der Waals surface area contributed by atoms with Gasteiger partial charge in [0, 0.05) is 19.1 Å². The Morgan fingerprint density at radius 3 is 2.14 bits per heavy atom. The highest BCUT2D eigenvalue weighted by Gasteiger charge is 2.54. The monoisotopic (exact) mass is 295 g/mol. The van der Waals surface area contributed by atoms with Crippen LogP contribution in [0, 0.1) is 0 Å². The second-order valence-corrected chi connectivity index (χ2v) is 6.02. The van der Waals surface area contributed by atoms with Crippen molar-refractivity contribution in [1.29, 1.82) is 0 Å². The van der Waals surface area contributed by atoms with E-state index in [0.29, 0.717) is 12.3 Å². The Balaban J connectivity index is 1.93. The highest BCUT2D eigenvalue weighted by Crippen LogP contribution is 2.44. The van der Waals surface area contributed by atoms with Gasteiger partial charge in [-0.25, -0.2) is 4.99 Å². The fourth-order valence-electron chi connectivity index (χ4n) is 3.02. The van der Waals surface area contributed by atoms with E-state index in [1.807, 2.05) is 62.4 Å². The van der Waals surface area contributed by atoms with Crippen LogP contribution >= 0.6 is 0 Å². The van der Waals surface area contributed by atoms with Gasteiger partial charge in [0.05, 0.1) is 0 Å². The van der Waals surface area contributed by atoms with Crippen molar-refractivity contribution in [2.75, 3.05) is 7.11 Å². The minimum Gasteiger partial charge on any atom is -0.442 e. The Morgan fingerprint density at radius 1 is 0.955 bits per heavy atom. The molecule has 0 saturated carbocycles. The van der Waals surface area contributed by atoms with E-state index in [2.05, 4.69) is 12.1 Å². The first-order chi connectivity index (χ1) is 10.6. The van der Waals surface area contributed by atoms with Crippen molar-refractivity contribution in [2.24, 2.45) is 4.99 Å². The minimum atomic E-state index is -0.877. The van der Waals surface area contributed by atoms with Gasteiger partial charge in [0.25, 0.3) is 5.79 Å². The van der Waals surface area contributed by atoms with Crippen LogP contribution in [0.3, 0.4) is 0 Å². The average Bonchev–Trinajstić information content (AvgIpc) is 2.80. The Labute approximate surface area is 131 Å². The molecule has 114 valence electrons. The second kappa shape index (κ2) is 5.58. The fraction of sp³-hybridized carbons (Fsp3) is 0.316. The zero-order valence-corrected chi connectivity index (χ0v) is 13.2. The molecule has 1 atom stereocenters. The quantitative estimate of drug-likeness (QED) is 0.855. The molecule has 22 heavy (non-hydrogen) atoms. The lowest BCUT2D eigenvalue weighted by Gasteiger charge is -2.37. The van der Waals surface area contributed by atoms with Gasteiger partial charge in [0.1, 0.15) is 5.54 Å². The van der Waals surface area contributed by atoms with Gasteiger partial charge in [-0.3, -0.25) is 0 Å². The van der Waals surface area contributed by atoms with E-state index in [-0.39, 0.29) is 0 Å². The number of rotatable bonds is 4. The molecule has 0 saturated heterocycles. The van der Waals surface area contributed by atoms with Gasteiger partial charge >= 0.3 is 0 Å². The summed E-state index contributed by atoms with van der Waals surface area (Å²) in [5.74, 6) is -0.167. The maximum atomic E-state index is 6.23. The molecule has 0 spiro atoms. The number of hydrogen-bond donors (Lipinski definition) is 0. The van der Waals surface area contributed by atoms with Gasteiger partial charge in [-0.15, -0.1) is 0 Å². The first-order valence-corrected chi connectivity index (χ1v) is 7.50. The van der Waals surface area contributed by atoms with E-state index in [4.69, 9.17) is 14.5 Å². The molecule has 3 nitrogen and oxygen atoms in total. The molecule has 0 amide bonds. The number of hydrogen-bond acceptors (Lipinski definition) is 3. The lowest BCUT2D eigenvalue weighted by molar-refractivity contribution is -0.204. The number of benzene rings is 2. The number of ether oxygens (including phenoxy) is 2. The molecular formula is C19H21NO2. The molecule has 0 fully saturated rings. The Morgan fingerprint density at radius 2 is 1.55 bits per heavy atom. The molecule has 0 N–H and O–H groups in total. The van der Waals surface area contributed by atoms with Crippen molar-refractivity contribution in [3.63, 3.8) is 0 Å². The van der Waals surface area contributed by atoms with Crippen molar-refractivity contribution < 1.29 is 9.47 Å². The smallest absolute Gasteiger partial charge is 0.263 e. The molecule has 1 aliphatic heterocycles. The second-order valence-electron chi connectivity index (χ2n) is 6.02. The summed E-state index contributed by atoms with van der Waals surface area (Å²) in [5.41, 5.74) is 1.67. The summed E-state index contributed by atoms with van der Waals surface area (Å²) in [5, 5.41) is 0. The molecule has 0 aromatic heterocycles. The Kier molecular flexibility index (Phi) is 3.75. The zero-order chi connectivity index (χ0) is 15.6. The van der Waals surface area contributed by atoms with E-state index in [0.717, 1.165) is 5.56 Å². The van der Waals surface area contributed by atoms with Crippen LogP contribution in [0.25, 0.3) is 0 Å². The third kappa shape index (κ3) is 2.42. The Hall–Kier alpha value is -2.13. The predicted molar refractivity (Wildman–Crippen MR) is 87.9 cm³/mol. The molecule has 1 unspecified atom stereocenters. The van der Waals surface area contributed by atoms with E-state index in [1.54, 1.807) is 7.11 Å². The number of nitrogens with zero attached hydrogens (tertiary/aromatic N) is 1. The summed E-state index contributed by atoms with van der Waals surface area (Å²) in [4.78, 5) is 4.79. The summed E-state index contributed by atoms with van der Waals surface area (Å²) in [6.07, 6.45) is 0.669. The summed E-state index contributed by atoms with van der Waals surface area (Å²) in [7, 11) is 1.68. The van der Waals surface area contributed by atoms with Gasteiger partial charge in [-0.2, -0.15) is 0 Å². The summed E-state index contributed by atoms with van der Waals surface area (Å²) in [6.45, 7) is 4.09. The van der Waals surface area contributed by atoms with Crippen LogP contribution in [-0.2, 0) is 21.7 Å². The van der Waals surface area contributed by atoms with Crippen LogP contribution in [0.15, 0.2) is 65.7 Å². The lowest BCUT2D eigenvalue weighted by Crippen LogP contribution is -2.46. The summed E-state index contributed by atoms with van der Waals surface area (Å²) >= 11 is 0. The topological polar surface area (TPSA) is 30.8 Å². The molecule has 3 heteroatoms. The van der Waals surface area contributed by atoms with E-state index >= 15 is 0 Å². The average molecular weight is 295 g/mol. The van der Waals surface area contributed by atoms with Crippen molar-refractivity contribution in [3.8, 4) is 0 Å². The predicted octanol–water partition coefficient (Wildman–Crippen LogP) is 3.94. The van der Waals surface area contributed by atoms with Gasteiger partial charge in [0.2, 0.25) is 0 Å². The molecule has 3 rings (SSSR count). The van der Waals surface area contributed by atoms with Crippen molar-refractivity contribution in [2.45, 2.75) is 31.6 Å². The Bertz CT molecular complexity index is 664. The van der Waals surface area contributed by atoms with Crippen molar-refractivity contribution in [3.05, 3.63) is 71.8 Å². The van der Waals surface area contributed by atoms with E-state index < -0.39 is 11.3 Å². The molecule has 0 radical (unpaired) electrons. The molecule has 1 aliphatic rings. The van der Waals surface area contributed by atoms with Crippen LogP contribution in [0.1, 0.15) is 25.0 Å². The third-order valence-corrected chi connectivity index (χ3v) is 4.11. The highest BCUT2D eigenvalue weighted by atomic mass is 16.7. The van der Waals surface area contributed by atoms with Gasteiger partial charge < -0.3 is 9.47 Å². The van der Waals surface area contributed by atoms with Gasteiger partial charge in [0.15, 0.2) is 5.90 Å². The molecule has 1 heterocycles. The lowest BCUT2D eigenvalue weighted by atomic mass is 9.88. The third-order valence-electron chi connectivity index (χ3n) is 4.11. The summed E-state index contributed by atoms with van der Waals surface area (Å²) in [6, 6.07) is 20.2. The van der Waals surface area contributed by atoms with Crippen molar-refractivity contribution >= 4 is 5.90 Å².